The van der Waals surface area contributed by atoms with Gasteiger partial charge in [-0.15, -0.1) is 23.3 Å². The summed E-state index contributed by atoms with van der Waals surface area (Å²) in [6.07, 6.45) is 5.42. The molecule has 1 N–H and O–H groups in total. The van der Waals surface area contributed by atoms with Gasteiger partial charge in [-0.1, -0.05) is 59.8 Å². The van der Waals surface area contributed by atoms with Crippen LogP contribution in [0, 0.1) is 0 Å². The van der Waals surface area contributed by atoms with Crippen molar-refractivity contribution < 1.29 is 23.2 Å². The predicted molar refractivity (Wildman–Crippen MR) is 188 cm³/mol. The van der Waals surface area contributed by atoms with Crippen LogP contribution >= 0.6 is 35.4 Å². The van der Waals surface area contributed by atoms with E-state index in [1.807, 2.05) is 26.7 Å². The Morgan fingerprint density at radius 1 is 1.07 bits per heavy atom. The van der Waals surface area contributed by atoms with Gasteiger partial charge in [0.2, 0.25) is 5.88 Å². The van der Waals surface area contributed by atoms with E-state index in [0.717, 1.165) is 5.57 Å². The summed E-state index contributed by atoms with van der Waals surface area (Å²) in [5, 5.41) is 3.57. The number of carbonyl (C=O) groups is 1. The second-order valence-electron chi connectivity index (χ2n) is 12.9. The van der Waals surface area contributed by atoms with Crippen molar-refractivity contribution in [1.82, 2.24) is 5.32 Å². The number of hydrogen-bond acceptors (Lipinski definition) is 10. The first-order valence-electron chi connectivity index (χ1n) is 14.7. The number of nitrogens with one attached hydrogen (secondary N) is 1. The Kier molecular flexibility index (Phi) is 16.5. The van der Waals surface area contributed by atoms with E-state index in [-0.39, 0.29) is 23.9 Å². The molecule has 1 aliphatic heterocycles. The molecule has 3 atom stereocenters. The molecular formula is C33H54N2O5S3. The molecule has 1 aromatic rings. The largest absolute Gasteiger partial charge is 0.403 e. The van der Waals surface area contributed by atoms with Crippen molar-refractivity contribution in [2.45, 2.75) is 128 Å². The number of fused-ring (bicyclic) bond motifs is 1. The maximum absolute atomic E-state index is 8.00. The third-order valence-corrected chi connectivity index (χ3v) is 7.79. The molecule has 1 saturated heterocycles. The van der Waals surface area contributed by atoms with Crippen molar-refractivity contribution in [2.24, 2.45) is 4.99 Å². The lowest BCUT2D eigenvalue weighted by atomic mass is 9.89. The third-order valence-electron chi connectivity index (χ3n) is 6.89. The maximum Gasteiger partial charge on any atom is 0.204 e. The lowest BCUT2D eigenvalue weighted by Gasteiger charge is -2.24. The molecule has 0 spiro atoms. The molecule has 1 aliphatic carbocycles. The summed E-state index contributed by atoms with van der Waals surface area (Å²) in [5.41, 5.74) is 4.84. The van der Waals surface area contributed by atoms with Crippen molar-refractivity contribution in [3.63, 3.8) is 0 Å². The van der Waals surface area contributed by atoms with Crippen LogP contribution in [0.3, 0.4) is 0 Å². The minimum atomic E-state index is -0.669. The Balaban J connectivity index is 0.00000221. The van der Waals surface area contributed by atoms with Crippen LogP contribution in [0.1, 0.15) is 111 Å². The minimum absolute atomic E-state index is 0.134. The molecule has 0 radical (unpaired) electrons. The van der Waals surface area contributed by atoms with Crippen molar-refractivity contribution in [1.29, 1.82) is 0 Å². The van der Waals surface area contributed by atoms with Gasteiger partial charge in [0.25, 0.3) is 0 Å². The normalized spacial score (nSPS) is 21.4. The smallest absolute Gasteiger partial charge is 0.204 e. The second-order valence-corrected chi connectivity index (χ2v) is 13.7. The van der Waals surface area contributed by atoms with Crippen molar-refractivity contribution in [3.8, 4) is 0 Å². The van der Waals surface area contributed by atoms with Crippen LogP contribution in [0.4, 0.5) is 0 Å². The van der Waals surface area contributed by atoms with E-state index in [9.17, 15) is 0 Å². The number of rotatable bonds is 11. The molecule has 0 aromatic heterocycles. The molecule has 3 unspecified atom stereocenters. The maximum atomic E-state index is 8.00. The van der Waals surface area contributed by atoms with Gasteiger partial charge in [0.05, 0.1) is 35.2 Å². The molecule has 0 saturated carbocycles. The molecule has 1 heterocycles. The minimum Gasteiger partial charge on any atom is -0.403 e. The summed E-state index contributed by atoms with van der Waals surface area (Å²) >= 11 is 7.87. The van der Waals surface area contributed by atoms with Crippen molar-refractivity contribution >= 4 is 48.4 Å². The number of ether oxygens (including phenoxy) is 3. The summed E-state index contributed by atoms with van der Waals surface area (Å²) in [5.74, 6) is 1.17. The molecule has 244 valence electrons. The fraction of sp³-hybridized carbons (Fsp3) is 0.636. The number of hydrogen-bond donors (Lipinski definition) is 3. The molecule has 7 nitrogen and oxygen atoms in total. The van der Waals surface area contributed by atoms with Crippen LogP contribution in [0.5, 0.6) is 0 Å². The highest BCUT2D eigenvalue weighted by atomic mass is 33.1. The van der Waals surface area contributed by atoms with Gasteiger partial charge in [0.1, 0.15) is 19.0 Å². The van der Waals surface area contributed by atoms with Gasteiger partial charge in [-0.3, -0.25) is 4.99 Å². The SMILES string of the molecule is C=O.CN=C/C=C(\NC1C=C(COC(C)(C)C)C2OC(C)(C)OC12)OSc1c(C(C)C)cc(C(C)C)cc1C(C)C.SS. The van der Waals surface area contributed by atoms with Crippen LogP contribution in [-0.4, -0.2) is 56.3 Å². The molecule has 2 aliphatic rings. The Morgan fingerprint density at radius 2 is 1.63 bits per heavy atom. The van der Waals surface area contributed by atoms with Crippen LogP contribution in [-0.2, 0) is 23.2 Å². The van der Waals surface area contributed by atoms with Gasteiger partial charge in [-0.25, -0.2) is 0 Å². The Bertz CT molecular complexity index is 1080. The average Bonchev–Trinajstić information content (AvgIpc) is 3.42. The fourth-order valence-corrected chi connectivity index (χ4v) is 5.85. The van der Waals surface area contributed by atoms with E-state index in [2.05, 4.69) is 114 Å². The average molecular weight is 655 g/mol. The molecule has 43 heavy (non-hydrogen) atoms. The van der Waals surface area contributed by atoms with E-state index in [1.165, 1.54) is 33.6 Å². The van der Waals surface area contributed by atoms with Crippen LogP contribution in [0.15, 0.2) is 45.6 Å². The van der Waals surface area contributed by atoms with Crippen LogP contribution in [0.2, 0.25) is 0 Å². The van der Waals surface area contributed by atoms with Gasteiger partial charge in [-0.05, 0) is 74.6 Å². The van der Waals surface area contributed by atoms with Gasteiger partial charge in [0, 0.05) is 19.3 Å². The number of allylic oxidation sites excluding steroid dienone is 1. The molecule has 0 bridgehead atoms. The van der Waals surface area contributed by atoms with Gasteiger partial charge < -0.3 is 28.5 Å². The van der Waals surface area contributed by atoms with Gasteiger partial charge in [-0.2, -0.15) is 0 Å². The molecule has 1 aromatic carbocycles. The topological polar surface area (TPSA) is 78.4 Å². The highest BCUT2D eigenvalue weighted by Gasteiger charge is 2.50. The first kappa shape index (κ1) is 39.6. The second kappa shape index (κ2) is 17.9. The lowest BCUT2D eigenvalue weighted by molar-refractivity contribution is -0.147. The van der Waals surface area contributed by atoms with Gasteiger partial charge >= 0.3 is 0 Å². The molecular weight excluding hydrogens is 601 g/mol. The fourth-order valence-electron chi connectivity index (χ4n) is 4.79. The quantitative estimate of drug-likeness (QED) is 0.0552. The summed E-state index contributed by atoms with van der Waals surface area (Å²) in [7, 11) is 1.75. The standard InChI is InChI=1S/C32H50N2O4S.CH2O.H2S2/c1-19(2)22-15-24(20(3)4)30(25(16-22)21(5)6)39-38-27(13-14-33-12)34-26-17-23(18-35-31(7,8)9)28-29(26)37-32(10,11)36-28;2*1-2/h13-17,19-21,26,28-29,34H,18H2,1-12H3;1H2;1-2H/b27-13+,33-14?;;. The highest BCUT2D eigenvalue weighted by molar-refractivity contribution is 8.59. The predicted octanol–water partition coefficient (Wildman–Crippen LogP) is 8.43. The van der Waals surface area contributed by atoms with E-state index in [0.29, 0.717) is 30.2 Å². The van der Waals surface area contributed by atoms with Crippen LogP contribution in [0.25, 0.3) is 0 Å². The molecule has 1 fully saturated rings. The lowest BCUT2D eigenvalue weighted by Crippen LogP contribution is -2.40. The first-order valence-corrected chi connectivity index (χ1v) is 17.1. The monoisotopic (exact) mass is 654 g/mol. The Hall–Kier alpha value is -1.43. The first-order chi connectivity index (χ1) is 20.1. The number of carbonyl (C=O) groups excluding carboxylic acids is 1. The van der Waals surface area contributed by atoms with Crippen LogP contribution < -0.4 is 5.32 Å². The number of aliphatic imine (C=N–C) groups is 1. The zero-order valence-corrected chi connectivity index (χ0v) is 30.7. The van der Waals surface area contributed by atoms with Gasteiger partial charge in [0.15, 0.2) is 5.79 Å². The van der Waals surface area contributed by atoms with Crippen molar-refractivity contribution in [3.05, 3.63) is 52.4 Å². The van der Waals surface area contributed by atoms with E-state index in [1.54, 1.807) is 13.3 Å². The zero-order chi connectivity index (χ0) is 33.1. The summed E-state index contributed by atoms with van der Waals surface area (Å²) in [4.78, 5) is 13.4. The van der Waals surface area contributed by atoms with E-state index < -0.39 is 5.79 Å². The number of nitrogens with zero attached hydrogens (tertiary/aromatic N) is 1. The highest BCUT2D eigenvalue weighted by Crippen LogP contribution is 2.41. The molecule has 3 rings (SSSR count). The number of benzene rings is 1. The third kappa shape index (κ3) is 11.8. The van der Waals surface area contributed by atoms with Crippen molar-refractivity contribution in [2.75, 3.05) is 13.7 Å². The Morgan fingerprint density at radius 3 is 2.09 bits per heavy atom. The van der Waals surface area contributed by atoms with E-state index in [4.69, 9.17) is 23.2 Å². The number of thiol groups is 2. The molecule has 0 amide bonds. The van der Waals surface area contributed by atoms with E-state index >= 15 is 0 Å². The Labute approximate surface area is 275 Å². The zero-order valence-electron chi connectivity index (χ0n) is 28.1. The summed E-state index contributed by atoms with van der Waals surface area (Å²) < 4.78 is 25.2. The summed E-state index contributed by atoms with van der Waals surface area (Å²) in [6, 6.07) is 4.55. The molecule has 10 heteroatoms. The summed E-state index contributed by atoms with van der Waals surface area (Å²) in [6.45, 7) is 26.1.